The van der Waals surface area contributed by atoms with E-state index in [0.29, 0.717) is 5.02 Å². The Labute approximate surface area is 145 Å². The van der Waals surface area contributed by atoms with Gasteiger partial charge in [0.25, 0.3) is 5.91 Å². The van der Waals surface area contributed by atoms with Gasteiger partial charge in [-0.1, -0.05) is 49.7 Å². The molecule has 0 saturated heterocycles. The van der Waals surface area contributed by atoms with E-state index in [4.69, 9.17) is 11.6 Å². The minimum Gasteiger partial charge on any atom is -0.340 e. The van der Waals surface area contributed by atoms with Crippen molar-refractivity contribution in [3.8, 4) is 0 Å². The first-order valence-electron chi connectivity index (χ1n) is 7.51. The fourth-order valence-electron chi connectivity index (χ4n) is 2.17. The van der Waals surface area contributed by atoms with Crippen molar-refractivity contribution in [1.82, 2.24) is 5.32 Å². The fraction of sp³-hybridized carbons (Fsp3) is 0.222. The lowest BCUT2D eigenvalue weighted by Gasteiger charge is -2.22. The van der Waals surface area contributed by atoms with Crippen LogP contribution in [0.15, 0.2) is 48.5 Å². The Morgan fingerprint density at radius 3 is 2.29 bits per heavy atom. The molecular formula is C18H18ClFN2O2. The van der Waals surface area contributed by atoms with Crippen molar-refractivity contribution in [3.05, 3.63) is 64.9 Å². The van der Waals surface area contributed by atoms with E-state index in [1.54, 1.807) is 44.2 Å². The number of hydrogen-bond donors (Lipinski definition) is 2. The van der Waals surface area contributed by atoms with Gasteiger partial charge in [0.2, 0.25) is 5.91 Å². The Bertz CT molecular complexity index is 749. The maximum Gasteiger partial charge on any atom is 0.253 e. The van der Waals surface area contributed by atoms with Gasteiger partial charge in [-0.3, -0.25) is 9.59 Å². The van der Waals surface area contributed by atoms with Crippen molar-refractivity contribution < 1.29 is 14.0 Å². The molecule has 0 aliphatic carbocycles. The molecule has 24 heavy (non-hydrogen) atoms. The minimum absolute atomic E-state index is 0.0696. The predicted octanol–water partition coefficient (Wildman–Crippen LogP) is 3.87. The lowest BCUT2D eigenvalue weighted by molar-refractivity contribution is -0.118. The zero-order valence-corrected chi connectivity index (χ0v) is 14.1. The van der Waals surface area contributed by atoms with Gasteiger partial charge in [0.15, 0.2) is 0 Å². The predicted molar refractivity (Wildman–Crippen MR) is 92.6 cm³/mol. The SMILES string of the molecule is CC(C)C(NC(=O)c1ccccc1Cl)C(=O)Nc1ccccc1F. The average Bonchev–Trinajstić information content (AvgIpc) is 2.54. The van der Waals surface area contributed by atoms with E-state index < -0.39 is 23.7 Å². The summed E-state index contributed by atoms with van der Waals surface area (Å²) >= 11 is 6.00. The van der Waals surface area contributed by atoms with Crippen LogP contribution in [-0.2, 0) is 4.79 Å². The van der Waals surface area contributed by atoms with Crippen molar-refractivity contribution in [2.24, 2.45) is 5.92 Å². The second-order valence-electron chi connectivity index (χ2n) is 5.64. The Morgan fingerprint density at radius 1 is 1.04 bits per heavy atom. The molecule has 2 aromatic rings. The highest BCUT2D eigenvalue weighted by molar-refractivity contribution is 6.33. The molecule has 2 amide bonds. The third kappa shape index (κ3) is 4.32. The second-order valence-corrected chi connectivity index (χ2v) is 6.05. The molecule has 4 nitrogen and oxygen atoms in total. The van der Waals surface area contributed by atoms with Gasteiger partial charge in [0, 0.05) is 0 Å². The maximum absolute atomic E-state index is 13.7. The summed E-state index contributed by atoms with van der Waals surface area (Å²) in [5.74, 6) is -1.67. The summed E-state index contributed by atoms with van der Waals surface area (Å²) in [6.45, 7) is 3.58. The van der Waals surface area contributed by atoms with Crippen molar-refractivity contribution in [2.75, 3.05) is 5.32 Å². The monoisotopic (exact) mass is 348 g/mol. The zero-order valence-electron chi connectivity index (χ0n) is 13.3. The van der Waals surface area contributed by atoms with Gasteiger partial charge in [0.1, 0.15) is 11.9 Å². The molecule has 0 aliphatic heterocycles. The number of carbonyl (C=O) groups excluding carboxylic acids is 2. The van der Waals surface area contributed by atoms with E-state index in [0.717, 1.165) is 0 Å². The maximum atomic E-state index is 13.7. The molecule has 1 atom stereocenters. The highest BCUT2D eigenvalue weighted by Gasteiger charge is 2.26. The summed E-state index contributed by atoms with van der Waals surface area (Å²) in [6.07, 6.45) is 0. The normalized spacial score (nSPS) is 11.9. The Morgan fingerprint density at radius 2 is 1.67 bits per heavy atom. The van der Waals surface area contributed by atoms with Crippen LogP contribution < -0.4 is 10.6 Å². The van der Waals surface area contributed by atoms with Gasteiger partial charge in [-0.25, -0.2) is 4.39 Å². The van der Waals surface area contributed by atoms with Crippen molar-refractivity contribution in [2.45, 2.75) is 19.9 Å². The molecule has 2 aromatic carbocycles. The molecule has 2 rings (SSSR count). The molecule has 2 N–H and O–H groups in total. The summed E-state index contributed by atoms with van der Waals surface area (Å²) in [4.78, 5) is 24.8. The molecule has 0 saturated carbocycles. The molecule has 0 aromatic heterocycles. The Balaban J connectivity index is 2.15. The van der Waals surface area contributed by atoms with Gasteiger partial charge in [0.05, 0.1) is 16.3 Å². The number of amides is 2. The third-order valence-corrected chi connectivity index (χ3v) is 3.82. The van der Waals surface area contributed by atoms with E-state index in [2.05, 4.69) is 10.6 Å². The van der Waals surface area contributed by atoms with Crippen LogP contribution in [0.3, 0.4) is 0 Å². The van der Waals surface area contributed by atoms with Crippen LogP contribution in [0.4, 0.5) is 10.1 Å². The molecule has 0 bridgehead atoms. The molecule has 0 fully saturated rings. The number of halogens is 2. The van der Waals surface area contributed by atoms with Crippen LogP contribution in [0.5, 0.6) is 0 Å². The van der Waals surface area contributed by atoms with Crippen LogP contribution in [0.1, 0.15) is 24.2 Å². The van der Waals surface area contributed by atoms with Crippen LogP contribution in [0.2, 0.25) is 5.02 Å². The highest BCUT2D eigenvalue weighted by atomic mass is 35.5. The summed E-state index contributed by atoms with van der Waals surface area (Å²) in [7, 11) is 0. The highest BCUT2D eigenvalue weighted by Crippen LogP contribution is 2.17. The number of rotatable bonds is 5. The molecule has 126 valence electrons. The second kappa shape index (κ2) is 7.93. The standard InChI is InChI=1S/C18H18ClFN2O2/c1-11(2)16(18(24)21-15-10-6-5-9-14(15)20)22-17(23)12-7-3-4-8-13(12)19/h3-11,16H,1-2H3,(H,21,24)(H,22,23). The van der Waals surface area contributed by atoms with Crippen LogP contribution in [0, 0.1) is 11.7 Å². The van der Waals surface area contributed by atoms with E-state index in [1.807, 2.05) is 0 Å². The largest absolute Gasteiger partial charge is 0.340 e. The van der Waals surface area contributed by atoms with Crippen LogP contribution in [-0.4, -0.2) is 17.9 Å². The smallest absolute Gasteiger partial charge is 0.253 e. The number of nitrogens with one attached hydrogen (secondary N) is 2. The summed E-state index contributed by atoms with van der Waals surface area (Å²) in [6, 6.07) is 11.6. The Kier molecular flexibility index (Phi) is 5.93. The van der Waals surface area contributed by atoms with Gasteiger partial charge >= 0.3 is 0 Å². The molecule has 0 radical (unpaired) electrons. The van der Waals surface area contributed by atoms with E-state index in [1.165, 1.54) is 18.2 Å². The number of para-hydroxylation sites is 1. The first-order chi connectivity index (χ1) is 11.4. The first-order valence-corrected chi connectivity index (χ1v) is 7.88. The average molecular weight is 349 g/mol. The molecule has 0 spiro atoms. The number of anilines is 1. The zero-order chi connectivity index (χ0) is 17.7. The van der Waals surface area contributed by atoms with Gasteiger partial charge < -0.3 is 10.6 Å². The molecular weight excluding hydrogens is 331 g/mol. The molecule has 0 aliphatic rings. The van der Waals surface area contributed by atoms with E-state index >= 15 is 0 Å². The number of carbonyl (C=O) groups is 2. The molecule has 6 heteroatoms. The Hall–Kier alpha value is -2.40. The minimum atomic E-state index is -0.826. The quantitative estimate of drug-likeness (QED) is 0.861. The lowest BCUT2D eigenvalue weighted by atomic mass is 10.0. The van der Waals surface area contributed by atoms with Gasteiger partial charge in [-0.2, -0.15) is 0 Å². The first kappa shape index (κ1) is 17.9. The van der Waals surface area contributed by atoms with Crippen LogP contribution in [0.25, 0.3) is 0 Å². The van der Waals surface area contributed by atoms with Crippen molar-refractivity contribution >= 4 is 29.1 Å². The van der Waals surface area contributed by atoms with Gasteiger partial charge in [-0.05, 0) is 30.2 Å². The summed E-state index contributed by atoms with van der Waals surface area (Å²) in [5.41, 5.74) is 0.351. The fourth-order valence-corrected chi connectivity index (χ4v) is 2.39. The van der Waals surface area contributed by atoms with Crippen LogP contribution >= 0.6 is 11.6 Å². The third-order valence-electron chi connectivity index (χ3n) is 3.49. The number of hydrogen-bond acceptors (Lipinski definition) is 2. The van der Waals surface area contributed by atoms with Crippen molar-refractivity contribution in [1.29, 1.82) is 0 Å². The molecule has 1 unspecified atom stereocenters. The lowest BCUT2D eigenvalue weighted by Crippen LogP contribution is -2.47. The summed E-state index contributed by atoms with van der Waals surface area (Å²) < 4.78 is 13.7. The number of benzene rings is 2. The van der Waals surface area contributed by atoms with E-state index in [9.17, 15) is 14.0 Å². The summed E-state index contributed by atoms with van der Waals surface area (Å²) in [5, 5.41) is 5.45. The van der Waals surface area contributed by atoms with Crippen molar-refractivity contribution in [3.63, 3.8) is 0 Å². The topological polar surface area (TPSA) is 58.2 Å². The van der Waals surface area contributed by atoms with Gasteiger partial charge in [-0.15, -0.1) is 0 Å². The van der Waals surface area contributed by atoms with E-state index in [-0.39, 0.29) is 17.2 Å². The molecule has 0 heterocycles.